The first-order chi connectivity index (χ1) is 18.0. The highest BCUT2D eigenvalue weighted by molar-refractivity contribution is 5.43. The Labute approximate surface area is 217 Å². The molecule has 1 N–H and O–H groups in total. The largest absolute Gasteiger partial charge is 0.507 e. The van der Waals surface area contributed by atoms with Crippen molar-refractivity contribution < 1.29 is 9.84 Å². The molecule has 1 fully saturated rings. The quantitative estimate of drug-likeness (QED) is 0.413. The van der Waals surface area contributed by atoms with Gasteiger partial charge in [0.2, 0.25) is 0 Å². The smallest absolute Gasteiger partial charge is 0.259 e. The summed E-state index contributed by atoms with van der Waals surface area (Å²) in [4.78, 5) is 23.1. The van der Waals surface area contributed by atoms with Gasteiger partial charge >= 0.3 is 0 Å². The lowest BCUT2D eigenvalue weighted by Crippen LogP contribution is -2.49. The number of aromatic hydroxyl groups is 1. The van der Waals surface area contributed by atoms with Crippen molar-refractivity contribution in [1.29, 1.82) is 0 Å². The van der Waals surface area contributed by atoms with Gasteiger partial charge in [0.15, 0.2) is 0 Å². The van der Waals surface area contributed by atoms with Gasteiger partial charge in [-0.25, -0.2) is 4.98 Å². The van der Waals surface area contributed by atoms with Gasteiger partial charge in [-0.15, -0.1) is 0 Å². The Morgan fingerprint density at radius 3 is 2.30 bits per heavy atom. The van der Waals surface area contributed by atoms with Crippen molar-refractivity contribution in [2.45, 2.75) is 19.5 Å². The number of aryl methyl sites for hydroxylation is 1. The molecule has 7 nitrogen and oxygen atoms in total. The number of aromatic nitrogens is 2. The zero-order valence-electron chi connectivity index (χ0n) is 21.2. The summed E-state index contributed by atoms with van der Waals surface area (Å²) in [5.74, 6) is 1.76. The summed E-state index contributed by atoms with van der Waals surface area (Å²) < 4.78 is 7.02. The first kappa shape index (κ1) is 24.6. The van der Waals surface area contributed by atoms with Gasteiger partial charge in [-0.1, -0.05) is 48.5 Å². The van der Waals surface area contributed by atoms with Gasteiger partial charge in [0, 0.05) is 38.1 Å². The van der Waals surface area contributed by atoms with E-state index < -0.39 is 0 Å². The summed E-state index contributed by atoms with van der Waals surface area (Å²) >= 11 is 0. The fraction of sp³-hybridized carbons (Fsp3) is 0.267. The van der Waals surface area contributed by atoms with E-state index in [1.54, 1.807) is 17.7 Å². The van der Waals surface area contributed by atoms with Crippen molar-refractivity contribution in [1.82, 2.24) is 14.5 Å². The number of anilines is 1. The molecule has 2 aromatic carbocycles. The number of nitrogens with zero attached hydrogens (tertiary/aromatic N) is 4. The Balaban J connectivity index is 1.50. The number of hydrogen-bond donors (Lipinski definition) is 1. The molecule has 4 aromatic rings. The molecule has 37 heavy (non-hydrogen) atoms. The topological polar surface area (TPSA) is 70.8 Å². The van der Waals surface area contributed by atoms with E-state index in [4.69, 9.17) is 4.74 Å². The molecule has 1 saturated heterocycles. The molecule has 0 radical (unpaired) electrons. The predicted molar refractivity (Wildman–Crippen MR) is 146 cm³/mol. The average molecular weight is 497 g/mol. The molecule has 1 aliphatic heterocycles. The predicted octanol–water partition coefficient (Wildman–Crippen LogP) is 4.23. The zero-order valence-corrected chi connectivity index (χ0v) is 21.2. The molecule has 1 unspecified atom stereocenters. The first-order valence-electron chi connectivity index (χ1n) is 12.6. The lowest BCUT2D eigenvalue weighted by molar-refractivity contribution is 0.207. The van der Waals surface area contributed by atoms with Gasteiger partial charge < -0.3 is 19.3 Å². The zero-order chi connectivity index (χ0) is 25.8. The molecule has 0 aliphatic carbocycles. The Hall–Kier alpha value is -4.10. The van der Waals surface area contributed by atoms with Gasteiger partial charge in [-0.05, 0) is 48.4 Å². The summed E-state index contributed by atoms with van der Waals surface area (Å²) in [6.45, 7) is 5.32. The standard InChI is InChI=1S/C30H32N4O3/c1-22-20-26(35)28(30(36)34(22)21-23-11-13-25(37-2)14-12-23)29(24-8-4-3-5-9-24)33-18-16-32(17-19-33)27-10-6-7-15-31-27/h3-15,20,29,35H,16-19,21H2,1-2H3. The normalized spacial score (nSPS) is 14.9. The Kier molecular flexibility index (Phi) is 7.23. The lowest BCUT2D eigenvalue weighted by atomic mass is 9.96. The van der Waals surface area contributed by atoms with E-state index in [1.807, 2.05) is 85.9 Å². The van der Waals surface area contributed by atoms with Crippen molar-refractivity contribution in [2.24, 2.45) is 0 Å². The fourth-order valence-electron chi connectivity index (χ4n) is 5.08. The van der Waals surface area contributed by atoms with Crippen molar-refractivity contribution in [3.8, 4) is 11.5 Å². The Bertz CT molecular complexity index is 1380. The minimum Gasteiger partial charge on any atom is -0.507 e. The van der Waals surface area contributed by atoms with Crippen LogP contribution in [0.2, 0.25) is 0 Å². The van der Waals surface area contributed by atoms with Crippen LogP contribution in [-0.2, 0) is 6.54 Å². The Morgan fingerprint density at radius 1 is 0.946 bits per heavy atom. The number of pyridine rings is 2. The van der Waals surface area contributed by atoms with Gasteiger partial charge in [0.25, 0.3) is 5.56 Å². The maximum Gasteiger partial charge on any atom is 0.259 e. The van der Waals surface area contributed by atoms with E-state index in [9.17, 15) is 9.90 Å². The second-order valence-electron chi connectivity index (χ2n) is 9.35. The SMILES string of the molecule is COc1ccc(Cn2c(C)cc(O)c(C(c3ccccc3)N3CCN(c4ccccn4)CC3)c2=O)cc1. The van der Waals surface area contributed by atoms with Crippen molar-refractivity contribution in [3.63, 3.8) is 0 Å². The maximum atomic E-state index is 14.0. The van der Waals surface area contributed by atoms with E-state index in [0.29, 0.717) is 17.8 Å². The summed E-state index contributed by atoms with van der Waals surface area (Å²) in [7, 11) is 1.63. The van der Waals surface area contributed by atoms with Gasteiger partial charge in [-0.2, -0.15) is 0 Å². The maximum absolute atomic E-state index is 14.0. The van der Waals surface area contributed by atoms with Crippen LogP contribution in [0.15, 0.2) is 89.9 Å². The minimum absolute atomic E-state index is 0.0366. The van der Waals surface area contributed by atoms with Crippen molar-refractivity contribution in [3.05, 3.63) is 118 Å². The van der Waals surface area contributed by atoms with E-state index in [1.165, 1.54) is 0 Å². The van der Waals surface area contributed by atoms with Gasteiger partial charge in [-0.3, -0.25) is 9.69 Å². The number of hydrogen-bond acceptors (Lipinski definition) is 6. The monoisotopic (exact) mass is 496 g/mol. The third-order valence-corrected chi connectivity index (χ3v) is 7.06. The fourth-order valence-corrected chi connectivity index (χ4v) is 5.08. The van der Waals surface area contributed by atoms with E-state index in [2.05, 4.69) is 14.8 Å². The van der Waals surface area contributed by atoms with E-state index in [0.717, 1.165) is 48.9 Å². The first-order valence-corrected chi connectivity index (χ1v) is 12.6. The number of benzene rings is 2. The highest BCUT2D eigenvalue weighted by Crippen LogP contribution is 2.33. The van der Waals surface area contributed by atoms with Crippen LogP contribution in [0, 0.1) is 6.92 Å². The highest BCUT2D eigenvalue weighted by atomic mass is 16.5. The highest BCUT2D eigenvalue weighted by Gasteiger charge is 2.31. The molecule has 0 saturated carbocycles. The molecular formula is C30H32N4O3. The molecule has 0 amide bonds. The van der Waals surface area contributed by atoms with E-state index >= 15 is 0 Å². The number of piperazine rings is 1. The Morgan fingerprint density at radius 2 is 1.65 bits per heavy atom. The average Bonchev–Trinajstić information content (AvgIpc) is 2.95. The summed E-state index contributed by atoms with van der Waals surface area (Å²) in [6.07, 6.45) is 1.81. The molecule has 7 heteroatoms. The molecule has 0 spiro atoms. The van der Waals surface area contributed by atoms with Crippen molar-refractivity contribution in [2.75, 3.05) is 38.2 Å². The molecule has 3 heterocycles. The van der Waals surface area contributed by atoms with Gasteiger partial charge in [0.1, 0.15) is 17.3 Å². The molecule has 1 aliphatic rings. The third kappa shape index (κ3) is 5.22. The van der Waals surface area contributed by atoms with Crippen LogP contribution in [0.5, 0.6) is 11.5 Å². The van der Waals surface area contributed by atoms with Crippen molar-refractivity contribution >= 4 is 5.82 Å². The summed E-state index contributed by atoms with van der Waals surface area (Å²) in [5, 5.41) is 11.1. The third-order valence-electron chi connectivity index (χ3n) is 7.06. The van der Waals surface area contributed by atoms with Gasteiger partial charge in [0.05, 0.1) is 25.3 Å². The summed E-state index contributed by atoms with van der Waals surface area (Å²) in [6, 6.07) is 25.0. The molecule has 1 atom stereocenters. The van der Waals surface area contributed by atoms with Crippen LogP contribution < -0.4 is 15.2 Å². The van der Waals surface area contributed by atoms with Crippen LogP contribution in [0.1, 0.15) is 28.4 Å². The molecule has 190 valence electrons. The van der Waals surface area contributed by atoms with Crippen LogP contribution >= 0.6 is 0 Å². The van der Waals surface area contributed by atoms with Crippen LogP contribution in [0.3, 0.4) is 0 Å². The number of rotatable bonds is 7. The molecule has 2 aromatic heterocycles. The number of ether oxygens (including phenoxy) is 1. The minimum atomic E-state index is -0.359. The van der Waals surface area contributed by atoms with Crippen LogP contribution in [-0.4, -0.2) is 52.8 Å². The molecule has 5 rings (SSSR count). The second-order valence-corrected chi connectivity index (χ2v) is 9.35. The van der Waals surface area contributed by atoms with Crippen LogP contribution in [0.25, 0.3) is 0 Å². The molecular weight excluding hydrogens is 464 g/mol. The van der Waals surface area contributed by atoms with Crippen LogP contribution in [0.4, 0.5) is 5.82 Å². The summed E-state index contributed by atoms with van der Waals surface area (Å²) in [5.41, 5.74) is 2.93. The lowest BCUT2D eigenvalue weighted by Gasteiger charge is -2.40. The second kappa shape index (κ2) is 10.9. The van der Waals surface area contributed by atoms with E-state index in [-0.39, 0.29) is 17.4 Å². The molecule has 0 bridgehead atoms. The number of methoxy groups -OCH3 is 1.